The molecular weight excluding hydrogens is 292 g/mol. The van der Waals surface area contributed by atoms with Crippen molar-refractivity contribution < 1.29 is 18.1 Å². The minimum absolute atomic E-state index is 0.123. The monoisotopic (exact) mass is 307 g/mol. The highest BCUT2D eigenvalue weighted by Crippen LogP contribution is 2.24. The number of anilines is 1. The van der Waals surface area contributed by atoms with Crippen molar-refractivity contribution in [3.63, 3.8) is 0 Å². The van der Waals surface area contributed by atoms with Gasteiger partial charge in [-0.25, -0.2) is 8.78 Å². The summed E-state index contributed by atoms with van der Waals surface area (Å²) in [5.74, 6) is -1.39. The van der Waals surface area contributed by atoms with E-state index in [1.807, 2.05) is 0 Å². The normalized spacial score (nSPS) is 17.8. The SMILES string of the molecule is Cc1cc(C(=O)NC2CCN(c3ccc(F)cc3F)C2)on1. The number of carbonyl (C=O) groups excluding carboxylic acids is 1. The summed E-state index contributed by atoms with van der Waals surface area (Å²) in [7, 11) is 0. The number of aromatic nitrogens is 1. The minimum atomic E-state index is -0.606. The summed E-state index contributed by atoms with van der Waals surface area (Å²) in [6.07, 6.45) is 0.676. The second kappa shape index (κ2) is 5.75. The zero-order chi connectivity index (χ0) is 15.7. The predicted octanol–water partition coefficient (Wildman–Crippen LogP) is 2.27. The molecule has 1 aliphatic heterocycles. The van der Waals surface area contributed by atoms with Crippen LogP contribution in [-0.2, 0) is 0 Å². The van der Waals surface area contributed by atoms with Crippen LogP contribution in [0.25, 0.3) is 0 Å². The molecule has 0 aliphatic carbocycles. The molecule has 0 saturated carbocycles. The van der Waals surface area contributed by atoms with E-state index < -0.39 is 11.6 Å². The van der Waals surface area contributed by atoms with E-state index in [-0.39, 0.29) is 17.7 Å². The van der Waals surface area contributed by atoms with E-state index in [2.05, 4.69) is 10.5 Å². The van der Waals surface area contributed by atoms with Crippen LogP contribution in [0.1, 0.15) is 22.7 Å². The third kappa shape index (κ3) is 2.93. The van der Waals surface area contributed by atoms with Gasteiger partial charge in [-0.15, -0.1) is 0 Å². The second-order valence-electron chi connectivity index (χ2n) is 5.33. The fourth-order valence-corrected chi connectivity index (χ4v) is 2.56. The summed E-state index contributed by atoms with van der Waals surface area (Å²) >= 11 is 0. The van der Waals surface area contributed by atoms with Crippen molar-refractivity contribution in [2.24, 2.45) is 0 Å². The number of carbonyl (C=O) groups is 1. The quantitative estimate of drug-likeness (QED) is 0.945. The standard InChI is InChI=1S/C15H15F2N3O2/c1-9-6-14(22-19-9)15(21)18-11-4-5-20(8-11)13-3-2-10(16)7-12(13)17/h2-3,6-7,11H,4-5,8H2,1H3,(H,18,21). The van der Waals surface area contributed by atoms with E-state index in [9.17, 15) is 13.6 Å². The molecule has 7 heteroatoms. The van der Waals surface area contributed by atoms with Gasteiger partial charge in [0.1, 0.15) is 11.6 Å². The van der Waals surface area contributed by atoms with E-state index in [1.54, 1.807) is 17.9 Å². The molecule has 22 heavy (non-hydrogen) atoms. The molecule has 1 fully saturated rings. The van der Waals surface area contributed by atoms with Crippen LogP contribution in [0.2, 0.25) is 0 Å². The van der Waals surface area contributed by atoms with Gasteiger partial charge in [-0.05, 0) is 25.5 Å². The number of nitrogens with zero attached hydrogens (tertiary/aromatic N) is 2. The lowest BCUT2D eigenvalue weighted by molar-refractivity contribution is 0.0903. The fraction of sp³-hybridized carbons (Fsp3) is 0.333. The van der Waals surface area contributed by atoms with Gasteiger partial charge < -0.3 is 14.7 Å². The van der Waals surface area contributed by atoms with Gasteiger partial charge in [0.25, 0.3) is 5.91 Å². The second-order valence-corrected chi connectivity index (χ2v) is 5.33. The first kappa shape index (κ1) is 14.5. The molecule has 1 aromatic heterocycles. The van der Waals surface area contributed by atoms with E-state index in [4.69, 9.17) is 4.52 Å². The maximum absolute atomic E-state index is 13.8. The highest BCUT2D eigenvalue weighted by atomic mass is 19.1. The number of amides is 1. The zero-order valence-electron chi connectivity index (χ0n) is 12.0. The van der Waals surface area contributed by atoms with E-state index >= 15 is 0 Å². The van der Waals surface area contributed by atoms with Crippen molar-refractivity contribution in [3.05, 3.63) is 47.4 Å². The number of benzene rings is 1. The Hall–Kier alpha value is -2.44. The van der Waals surface area contributed by atoms with Gasteiger partial charge >= 0.3 is 0 Å². The van der Waals surface area contributed by atoms with E-state index in [0.29, 0.717) is 30.9 Å². The van der Waals surface area contributed by atoms with Gasteiger partial charge in [0.15, 0.2) is 0 Å². The summed E-state index contributed by atoms with van der Waals surface area (Å²) < 4.78 is 31.6. The molecule has 1 saturated heterocycles. The first-order chi connectivity index (χ1) is 10.5. The van der Waals surface area contributed by atoms with Crippen molar-refractivity contribution in [2.75, 3.05) is 18.0 Å². The Kier molecular flexibility index (Phi) is 3.79. The van der Waals surface area contributed by atoms with Crippen LogP contribution in [0.4, 0.5) is 14.5 Å². The molecule has 1 aromatic carbocycles. The Morgan fingerprint density at radius 1 is 1.41 bits per heavy atom. The van der Waals surface area contributed by atoms with Crippen LogP contribution in [0.15, 0.2) is 28.8 Å². The Balaban J connectivity index is 1.64. The molecule has 5 nitrogen and oxygen atoms in total. The molecule has 2 heterocycles. The van der Waals surface area contributed by atoms with Crippen molar-refractivity contribution in [3.8, 4) is 0 Å². The Morgan fingerprint density at radius 3 is 2.91 bits per heavy atom. The van der Waals surface area contributed by atoms with Crippen molar-refractivity contribution in [2.45, 2.75) is 19.4 Å². The van der Waals surface area contributed by atoms with Crippen molar-refractivity contribution >= 4 is 11.6 Å². The zero-order valence-corrected chi connectivity index (χ0v) is 12.0. The average Bonchev–Trinajstić information content (AvgIpc) is 3.08. The Labute approximate surface area is 125 Å². The van der Waals surface area contributed by atoms with Crippen LogP contribution in [-0.4, -0.2) is 30.2 Å². The van der Waals surface area contributed by atoms with Crippen LogP contribution in [0.5, 0.6) is 0 Å². The van der Waals surface area contributed by atoms with Gasteiger partial charge in [-0.1, -0.05) is 5.16 Å². The number of hydrogen-bond donors (Lipinski definition) is 1. The largest absolute Gasteiger partial charge is 0.367 e. The first-order valence-corrected chi connectivity index (χ1v) is 6.97. The lowest BCUT2D eigenvalue weighted by Crippen LogP contribution is -2.37. The molecule has 1 unspecified atom stereocenters. The van der Waals surface area contributed by atoms with Gasteiger partial charge in [0.05, 0.1) is 11.4 Å². The van der Waals surface area contributed by atoms with Gasteiger partial charge in [0.2, 0.25) is 5.76 Å². The summed E-state index contributed by atoms with van der Waals surface area (Å²) in [4.78, 5) is 13.8. The van der Waals surface area contributed by atoms with Gasteiger partial charge in [-0.3, -0.25) is 4.79 Å². The maximum atomic E-state index is 13.8. The fourth-order valence-electron chi connectivity index (χ4n) is 2.56. The number of nitrogens with one attached hydrogen (secondary N) is 1. The summed E-state index contributed by atoms with van der Waals surface area (Å²) in [6, 6.07) is 4.93. The first-order valence-electron chi connectivity index (χ1n) is 6.97. The summed E-state index contributed by atoms with van der Waals surface area (Å²) in [5, 5.41) is 6.49. The third-order valence-corrected chi connectivity index (χ3v) is 3.63. The summed E-state index contributed by atoms with van der Waals surface area (Å²) in [6.45, 7) is 2.78. The maximum Gasteiger partial charge on any atom is 0.290 e. The molecular formula is C15H15F2N3O2. The molecule has 1 N–H and O–H groups in total. The Morgan fingerprint density at radius 2 is 2.23 bits per heavy atom. The van der Waals surface area contributed by atoms with E-state index in [0.717, 1.165) is 6.07 Å². The Bertz CT molecular complexity index is 702. The highest BCUT2D eigenvalue weighted by molar-refractivity contribution is 5.91. The lowest BCUT2D eigenvalue weighted by atomic mass is 10.2. The predicted molar refractivity (Wildman–Crippen MR) is 75.7 cm³/mol. The molecule has 1 atom stereocenters. The molecule has 0 bridgehead atoms. The van der Waals surface area contributed by atoms with Gasteiger partial charge in [-0.2, -0.15) is 0 Å². The van der Waals surface area contributed by atoms with Crippen LogP contribution < -0.4 is 10.2 Å². The molecule has 0 spiro atoms. The molecule has 3 rings (SSSR count). The lowest BCUT2D eigenvalue weighted by Gasteiger charge is -2.19. The number of rotatable bonds is 3. The smallest absolute Gasteiger partial charge is 0.290 e. The average molecular weight is 307 g/mol. The molecule has 1 aliphatic rings. The molecule has 1 amide bonds. The van der Waals surface area contributed by atoms with E-state index in [1.165, 1.54) is 12.1 Å². The molecule has 116 valence electrons. The minimum Gasteiger partial charge on any atom is -0.367 e. The van der Waals surface area contributed by atoms with Crippen LogP contribution in [0.3, 0.4) is 0 Å². The highest BCUT2D eigenvalue weighted by Gasteiger charge is 2.27. The summed E-state index contributed by atoms with van der Waals surface area (Å²) in [5.41, 5.74) is 0.972. The number of halogens is 2. The van der Waals surface area contributed by atoms with Gasteiger partial charge in [0, 0.05) is 31.3 Å². The topological polar surface area (TPSA) is 58.4 Å². The van der Waals surface area contributed by atoms with Crippen molar-refractivity contribution in [1.29, 1.82) is 0 Å². The number of hydrogen-bond acceptors (Lipinski definition) is 4. The van der Waals surface area contributed by atoms with Crippen LogP contribution in [0, 0.1) is 18.6 Å². The number of aryl methyl sites for hydroxylation is 1. The molecule has 2 aromatic rings. The third-order valence-electron chi connectivity index (χ3n) is 3.63. The van der Waals surface area contributed by atoms with Crippen molar-refractivity contribution in [1.82, 2.24) is 10.5 Å². The molecule has 0 radical (unpaired) electrons. The van der Waals surface area contributed by atoms with Crippen LogP contribution >= 0.6 is 0 Å².